The highest BCUT2D eigenvalue weighted by atomic mass is 19.4. The van der Waals surface area contributed by atoms with Crippen molar-refractivity contribution < 1.29 is 17.7 Å². The third kappa shape index (κ3) is 3.24. The minimum Gasteiger partial charge on any atom is -0.371 e. The van der Waals surface area contributed by atoms with Crippen LogP contribution in [0.15, 0.2) is 10.6 Å². The molecule has 1 saturated heterocycles. The summed E-state index contributed by atoms with van der Waals surface area (Å²) in [7, 11) is 0. The molecule has 2 rings (SSSR count). The molecule has 0 spiro atoms. The molecule has 100 valence electrons. The molecule has 4 nitrogen and oxygen atoms in total. The van der Waals surface area contributed by atoms with Gasteiger partial charge in [0.05, 0.1) is 5.84 Å². The molecule has 2 N–H and O–H groups in total. The van der Waals surface area contributed by atoms with E-state index in [0.29, 0.717) is 18.7 Å². The Hall–Kier alpha value is -1.53. The van der Waals surface area contributed by atoms with E-state index in [0.717, 1.165) is 25.3 Å². The largest absolute Gasteiger partial charge is 0.436 e. The van der Waals surface area contributed by atoms with Crippen molar-refractivity contribution in [2.45, 2.75) is 44.3 Å². The van der Waals surface area contributed by atoms with E-state index < -0.39 is 11.9 Å². The number of nitrogens with one attached hydrogen (secondary N) is 2. The van der Waals surface area contributed by atoms with Crippen LogP contribution >= 0.6 is 0 Å². The number of hydrogen-bond donors (Lipinski definition) is 2. The van der Waals surface area contributed by atoms with Crippen molar-refractivity contribution in [3.05, 3.63) is 17.5 Å². The maximum Gasteiger partial charge on any atom is 0.436 e. The van der Waals surface area contributed by atoms with Crippen molar-refractivity contribution in [3.63, 3.8) is 0 Å². The lowest BCUT2D eigenvalue weighted by molar-refractivity contribution is -0.142. The zero-order valence-electron chi connectivity index (χ0n) is 9.68. The van der Waals surface area contributed by atoms with Crippen LogP contribution < -0.4 is 5.32 Å². The standard InChI is InChI=1S/C11H14F3N3O/c12-11(13,14)9-6-8(18-17-9)5-7-3-1-2-4-10(15)16-7/h6-7H,1-5H2,(H2,15,16). The summed E-state index contributed by atoms with van der Waals surface area (Å²) in [6.07, 6.45) is -0.727. The number of nitrogens with zero attached hydrogens (tertiary/aromatic N) is 1. The van der Waals surface area contributed by atoms with Crippen LogP contribution in [0.3, 0.4) is 0 Å². The second-order valence-electron chi connectivity index (χ2n) is 4.45. The molecule has 1 aliphatic rings. The first-order valence-corrected chi connectivity index (χ1v) is 5.82. The number of aromatic nitrogens is 1. The molecule has 0 aliphatic carbocycles. The van der Waals surface area contributed by atoms with Crippen molar-refractivity contribution in [1.29, 1.82) is 5.41 Å². The first-order valence-electron chi connectivity index (χ1n) is 5.82. The van der Waals surface area contributed by atoms with Gasteiger partial charge < -0.3 is 9.84 Å². The van der Waals surface area contributed by atoms with E-state index in [1.165, 1.54) is 0 Å². The SMILES string of the molecule is N=C1CCCCC(Cc2cc(C(F)(F)F)no2)N1. The highest BCUT2D eigenvalue weighted by Gasteiger charge is 2.35. The lowest BCUT2D eigenvalue weighted by Gasteiger charge is -2.14. The summed E-state index contributed by atoms with van der Waals surface area (Å²) >= 11 is 0. The van der Waals surface area contributed by atoms with E-state index in [2.05, 4.69) is 15.0 Å². The fourth-order valence-electron chi connectivity index (χ4n) is 2.02. The van der Waals surface area contributed by atoms with E-state index in [-0.39, 0.29) is 11.8 Å². The van der Waals surface area contributed by atoms with Gasteiger partial charge in [0.25, 0.3) is 0 Å². The third-order valence-corrected chi connectivity index (χ3v) is 2.90. The van der Waals surface area contributed by atoms with Gasteiger partial charge in [-0.25, -0.2) is 0 Å². The van der Waals surface area contributed by atoms with Crippen LogP contribution in [0.1, 0.15) is 37.1 Å². The molecule has 18 heavy (non-hydrogen) atoms. The fourth-order valence-corrected chi connectivity index (χ4v) is 2.02. The minimum atomic E-state index is -4.47. The predicted octanol–water partition coefficient (Wildman–Crippen LogP) is 2.75. The van der Waals surface area contributed by atoms with Crippen LogP contribution in [-0.2, 0) is 12.6 Å². The van der Waals surface area contributed by atoms with Crippen molar-refractivity contribution >= 4 is 5.84 Å². The van der Waals surface area contributed by atoms with Gasteiger partial charge in [-0.15, -0.1) is 0 Å². The second-order valence-corrected chi connectivity index (χ2v) is 4.45. The summed E-state index contributed by atoms with van der Waals surface area (Å²) in [5, 5.41) is 13.6. The first kappa shape index (κ1) is 12.9. The van der Waals surface area contributed by atoms with Gasteiger partial charge in [-0.3, -0.25) is 5.41 Å². The molecule has 0 amide bonds. The summed E-state index contributed by atoms with van der Waals surface area (Å²) in [6, 6.07) is 0.880. The Morgan fingerprint density at radius 3 is 2.89 bits per heavy atom. The van der Waals surface area contributed by atoms with Crippen LogP contribution in [0.4, 0.5) is 13.2 Å². The van der Waals surface area contributed by atoms with E-state index in [4.69, 9.17) is 5.41 Å². The molecule has 1 atom stereocenters. The first-order chi connectivity index (χ1) is 8.45. The monoisotopic (exact) mass is 261 g/mol. The molecular weight excluding hydrogens is 247 g/mol. The quantitative estimate of drug-likeness (QED) is 0.860. The maximum absolute atomic E-state index is 12.3. The van der Waals surface area contributed by atoms with Gasteiger partial charge in [-0.05, 0) is 12.8 Å². The topological polar surface area (TPSA) is 61.9 Å². The van der Waals surface area contributed by atoms with E-state index >= 15 is 0 Å². The minimum absolute atomic E-state index is 0.0472. The molecule has 1 aliphatic heterocycles. The zero-order chi connectivity index (χ0) is 13.2. The predicted molar refractivity (Wildman–Crippen MR) is 58.3 cm³/mol. The smallest absolute Gasteiger partial charge is 0.371 e. The van der Waals surface area contributed by atoms with Gasteiger partial charge in [-0.1, -0.05) is 11.6 Å². The Morgan fingerprint density at radius 1 is 1.44 bits per heavy atom. The number of halogens is 3. The molecule has 0 bridgehead atoms. The Bertz CT molecular complexity index is 427. The Kier molecular flexibility index (Phi) is 3.58. The van der Waals surface area contributed by atoms with Gasteiger partial charge in [0, 0.05) is 24.9 Å². The lowest BCUT2D eigenvalue weighted by Crippen LogP contribution is -2.33. The van der Waals surface area contributed by atoms with Gasteiger partial charge >= 0.3 is 6.18 Å². The van der Waals surface area contributed by atoms with Crippen LogP contribution in [-0.4, -0.2) is 17.0 Å². The second kappa shape index (κ2) is 4.99. The molecule has 1 aromatic heterocycles. The van der Waals surface area contributed by atoms with Gasteiger partial charge in [0.2, 0.25) is 0 Å². The molecule has 0 aromatic carbocycles. The molecular formula is C11H14F3N3O. The number of amidine groups is 1. The van der Waals surface area contributed by atoms with Crippen molar-refractivity contribution in [1.82, 2.24) is 10.5 Å². The molecule has 1 fully saturated rings. The Labute approximate surface area is 102 Å². The summed E-state index contributed by atoms with van der Waals surface area (Å²) in [5.41, 5.74) is -0.999. The highest BCUT2D eigenvalue weighted by Crippen LogP contribution is 2.29. The molecule has 1 aromatic rings. The number of alkyl halides is 3. The highest BCUT2D eigenvalue weighted by molar-refractivity contribution is 5.79. The summed E-state index contributed by atoms with van der Waals surface area (Å²) in [4.78, 5) is 0. The summed E-state index contributed by atoms with van der Waals surface area (Å²) in [6.45, 7) is 0. The van der Waals surface area contributed by atoms with Crippen molar-refractivity contribution in [3.8, 4) is 0 Å². The van der Waals surface area contributed by atoms with Crippen LogP contribution in [0.2, 0.25) is 0 Å². The average Bonchev–Trinajstić information content (AvgIpc) is 2.63. The summed E-state index contributed by atoms with van der Waals surface area (Å²) < 4.78 is 41.7. The van der Waals surface area contributed by atoms with Crippen LogP contribution in [0.5, 0.6) is 0 Å². The lowest BCUT2D eigenvalue weighted by atomic mass is 10.1. The van der Waals surface area contributed by atoms with E-state index in [1.54, 1.807) is 0 Å². The molecule has 0 radical (unpaired) electrons. The van der Waals surface area contributed by atoms with E-state index in [9.17, 15) is 13.2 Å². The van der Waals surface area contributed by atoms with Crippen LogP contribution in [0, 0.1) is 5.41 Å². The number of rotatable bonds is 2. The molecule has 1 unspecified atom stereocenters. The normalized spacial score (nSPS) is 21.5. The van der Waals surface area contributed by atoms with Crippen molar-refractivity contribution in [2.24, 2.45) is 0 Å². The maximum atomic E-state index is 12.3. The zero-order valence-corrected chi connectivity index (χ0v) is 9.68. The Balaban J connectivity index is 2.00. The van der Waals surface area contributed by atoms with Crippen molar-refractivity contribution in [2.75, 3.05) is 0 Å². The third-order valence-electron chi connectivity index (χ3n) is 2.90. The number of hydrogen-bond acceptors (Lipinski definition) is 3. The van der Waals surface area contributed by atoms with Gasteiger partial charge in [-0.2, -0.15) is 13.2 Å². The molecule has 2 heterocycles. The average molecular weight is 261 g/mol. The molecule has 7 heteroatoms. The Morgan fingerprint density at radius 2 is 2.22 bits per heavy atom. The fraction of sp³-hybridized carbons (Fsp3) is 0.636. The van der Waals surface area contributed by atoms with E-state index in [1.807, 2.05) is 0 Å². The van der Waals surface area contributed by atoms with Gasteiger partial charge in [0.1, 0.15) is 5.76 Å². The van der Waals surface area contributed by atoms with Crippen LogP contribution in [0.25, 0.3) is 0 Å². The van der Waals surface area contributed by atoms with Gasteiger partial charge in [0.15, 0.2) is 5.69 Å². The summed E-state index contributed by atoms with van der Waals surface area (Å²) in [5.74, 6) is 0.641. The molecule has 0 saturated carbocycles.